The highest BCUT2D eigenvalue weighted by Crippen LogP contribution is 2.22. The molecule has 0 radical (unpaired) electrons. The summed E-state index contributed by atoms with van der Waals surface area (Å²) in [5.74, 6) is -0.795. The Balaban J connectivity index is 4.41. The number of hydrogen-bond acceptors (Lipinski definition) is 3. The molecule has 0 saturated carbocycles. The number of nitrogens with one attached hydrogen (secondary N) is 1. The first-order valence-electron chi connectivity index (χ1n) is 6.04. The number of hydrogen-bond donors (Lipinski definition) is 1. The molecule has 4 heteroatoms. The van der Waals surface area contributed by atoms with Crippen molar-refractivity contribution in [1.82, 2.24) is 5.32 Å². The lowest BCUT2D eigenvalue weighted by Gasteiger charge is -2.27. The van der Waals surface area contributed by atoms with E-state index in [9.17, 15) is 9.59 Å². The molecule has 0 aliphatic rings. The monoisotopic (exact) mass is 243 g/mol. The fourth-order valence-electron chi connectivity index (χ4n) is 1.65. The van der Waals surface area contributed by atoms with Crippen molar-refractivity contribution in [3.8, 4) is 0 Å². The molecule has 0 aromatic carbocycles. The summed E-state index contributed by atoms with van der Waals surface area (Å²) in [6.45, 7) is 10.0. The highest BCUT2D eigenvalue weighted by atomic mass is 16.5. The Bertz CT molecular complexity index is 282. The van der Waals surface area contributed by atoms with Gasteiger partial charge in [0.05, 0.1) is 7.11 Å². The molecule has 0 aromatic rings. The zero-order valence-corrected chi connectivity index (χ0v) is 11.8. The maximum atomic E-state index is 11.9. The topological polar surface area (TPSA) is 55.4 Å². The van der Waals surface area contributed by atoms with Gasteiger partial charge in [0.15, 0.2) is 0 Å². The summed E-state index contributed by atoms with van der Waals surface area (Å²) < 4.78 is 4.62. The summed E-state index contributed by atoms with van der Waals surface area (Å²) in [6, 6.07) is 0. The summed E-state index contributed by atoms with van der Waals surface area (Å²) in [7, 11) is 1.29. The van der Waals surface area contributed by atoms with E-state index in [1.54, 1.807) is 13.8 Å². The normalized spacial score (nSPS) is 12.1. The fraction of sp³-hybridized carbons (Fsp3) is 0.846. The molecular weight excluding hydrogens is 218 g/mol. The second-order valence-electron chi connectivity index (χ2n) is 5.71. The molecule has 100 valence electrons. The average Bonchev–Trinajstić information content (AvgIpc) is 2.24. The van der Waals surface area contributed by atoms with Gasteiger partial charge in [0.1, 0.15) is 5.41 Å². The summed E-state index contributed by atoms with van der Waals surface area (Å²) >= 11 is 0. The number of ether oxygens (including phenoxy) is 1. The van der Waals surface area contributed by atoms with Crippen molar-refractivity contribution in [2.24, 2.45) is 10.8 Å². The van der Waals surface area contributed by atoms with Crippen LogP contribution in [0.25, 0.3) is 0 Å². The Morgan fingerprint density at radius 1 is 1.18 bits per heavy atom. The van der Waals surface area contributed by atoms with Crippen LogP contribution in [0.3, 0.4) is 0 Å². The zero-order valence-electron chi connectivity index (χ0n) is 11.8. The molecule has 4 nitrogen and oxygen atoms in total. The van der Waals surface area contributed by atoms with Crippen LogP contribution in [0.15, 0.2) is 0 Å². The van der Waals surface area contributed by atoms with E-state index in [4.69, 9.17) is 0 Å². The largest absolute Gasteiger partial charge is 0.468 e. The van der Waals surface area contributed by atoms with Gasteiger partial charge in [-0.25, -0.2) is 0 Å². The van der Waals surface area contributed by atoms with Crippen molar-refractivity contribution < 1.29 is 14.3 Å². The maximum absolute atomic E-state index is 11.9. The van der Waals surface area contributed by atoms with Crippen LogP contribution in [0, 0.1) is 10.8 Å². The van der Waals surface area contributed by atoms with Crippen molar-refractivity contribution in [2.75, 3.05) is 13.7 Å². The third-order valence-electron chi connectivity index (χ3n) is 2.92. The number of rotatable bonds is 6. The molecule has 0 bridgehead atoms. The SMILES string of the molecule is CCCC(C)(C)CNC(=O)C(C)(C)C(=O)OC. The van der Waals surface area contributed by atoms with E-state index in [1.165, 1.54) is 7.11 Å². The highest BCUT2D eigenvalue weighted by Gasteiger charge is 2.37. The van der Waals surface area contributed by atoms with E-state index in [0.717, 1.165) is 12.8 Å². The molecule has 0 atom stereocenters. The molecule has 0 aliphatic carbocycles. The second-order valence-corrected chi connectivity index (χ2v) is 5.71. The van der Waals surface area contributed by atoms with Gasteiger partial charge in [0, 0.05) is 6.54 Å². The van der Waals surface area contributed by atoms with Crippen LogP contribution in [-0.2, 0) is 14.3 Å². The van der Waals surface area contributed by atoms with Gasteiger partial charge in [-0.15, -0.1) is 0 Å². The highest BCUT2D eigenvalue weighted by molar-refractivity contribution is 6.01. The third-order valence-corrected chi connectivity index (χ3v) is 2.92. The van der Waals surface area contributed by atoms with Crippen LogP contribution in [-0.4, -0.2) is 25.5 Å². The minimum atomic E-state index is -1.13. The third kappa shape index (κ3) is 4.75. The van der Waals surface area contributed by atoms with E-state index in [-0.39, 0.29) is 11.3 Å². The Labute approximate surface area is 104 Å². The molecule has 0 fully saturated rings. The summed E-state index contributed by atoms with van der Waals surface area (Å²) in [5.41, 5.74) is -1.08. The van der Waals surface area contributed by atoms with Gasteiger partial charge in [-0.05, 0) is 25.7 Å². The molecule has 1 N–H and O–H groups in total. The van der Waals surface area contributed by atoms with E-state index < -0.39 is 11.4 Å². The van der Waals surface area contributed by atoms with Crippen LogP contribution < -0.4 is 5.32 Å². The Morgan fingerprint density at radius 3 is 2.12 bits per heavy atom. The van der Waals surface area contributed by atoms with E-state index in [1.807, 2.05) is 0 Å². The van der Waals surface area contributed by atoms with Crippen LogP contribution >= 0.6 is 0 Å². The molecule has 0 heterocycles. The first-order valence-corrected chi connectivity index (χ1v) is 6.04. The van der Waals surface area contributed by atoms with E-state index in [2.05, 4.69) is 30.8 Å². The lowest BCUT2D eigenvalue weighted by atomic mass is 9.87. The van der Waals surface area contributed by atoms with Gasteiger partial charge >= 0.3 is 5.97 Å². The van der Waals surface area contributed by atoms with Crippen LogP contribution in [0.1, 0.15) is 47.5 Å². The number of amides is 1. The molecule has 0 aliphatic heterocycles. The molecule has 17 heavy (non-hydrogen) atoms. The minimum absolute atomic E-state index is 0.0522. The average molecular weight is 243 g/mol. The molecule has 0 saturated heterocycles. The maximum Gasteiger partial charge on any atom is 0.320 e. The van der Waals surface area contributed by atoms with Gasteiger partial charge in [-0.2, -0.15) is 0 Å². The molecule has 1 amide bonds. The Morgan fingerprint density at radius 2 is 1.71 bits per heavy atom. The predicted octanol–water partition coefficient (Wildman–Crippen LogP) is 2.13. The summed E-state index contributed by atoms with van der Waals surface area (Å²) in [4.78, 5) is 23.3. The molecule has 0 unspecified atom stereocenters. The molecular formula is C13H25NO3. The van der Waals surface area contributed by atoms with Gasteiger partial charge in [-0.1, -0.05) is 27.2 Å². The lowest BCUT2D eigenvalue weighted by Crippen LogP contribution is -2.45. The first-order chi connectivity index (χ1) is 7.67. The lowest BCUT2D eigenvalue weighted by molar-refractivity contribution is -0.156. The molecule has 0 rings (SSSR count). The van der Waals surface area contributed by atoms with Crippen molar-refractivity contribution in [3.05, 3.63) is 0 Å². The minimum Gasteiger partial charge on any atom is -0.468 e. The molecule has 0 spiro atoms. The smallest absolute Gasteiger partial charge is 0.320 e. The fourth-order valence-corrected chi connectivity index (χ4v) is 1.65. The number of esters is 1. The zero-order chi connectivity index (χ0) is 13.7. The van der Waals surface area contributed by atoms with Crippen molar-refractivity contribution in [3.63, 3.8) is 0 Å². The van der Waals surface area contributed by atoms with E-state index in [0.29, 0.717) is 6.54 Å². The molecule has 0 aromatic heterocycles. The van der Waals surface area contributed by atoms with Gasteiger partial charge in [-0.3, -0.25) is 9.59 Å². The number of carbonyl (C=O) groups excluding carboxylic acids is 2. The first kappa shape index (κ1) is 15.9. The van der Waals surface area contributed by atoms with Crippen LogP contribution in [0.5, 0.6) is 0 Å². The van der Waals surface area contributed by atoms with Crippen molar-refractivity contribution in [2.45, 2.75) is 47.5 Å². The summed E-state index contributed by atoms with van der Waals surface area (Å²) in [6.07, 6.45) is 2.11. The Kier molecular flexibility index (Phi) is 5.66. The standard InChI is InChI=1S/C13H25NO3/c1-7-8-12(2,3)9-14-10(15)13(4,5)11(16)17-6/h7-9H2,1-6H3,(H,14,15). The summed E-state index contributed by atoms with van der Waals surface area (Å²) in [5, 5.41) is 2.82. The van der Waals surface area contributed by atoms with Gasteiger partial charge < -0.3 is 10.1 Å². The number of methoxy groups -OCH3 is 1. The number of carbonyl (C=O) groups is 2. The van der Waals surface area contributed by atoms with Gasteiger partial charge in [0.2, 0.25) is 5.91 Å². The predicted molar refractivity (Wildman–Crippen MR) is 67.5 cm³/mol. The van der Waals surface area contributed by atoms with Crippen LogP contribution in [0.2, 0.25) is 0 Å². The van der Waals surface area contributed by atoms with Crippen LogP contribution in [0.4, 0.5) is 0 Å². The second kappa shape index (κ2) is 6.03. The van der Waals surface area contributed by atoms with Gasteiger partial charge in [0.25, 0.3) is 0 Å². The van der Waals surface area contributed by atoms with Crippen molar-refractivity contribution >= 4 is 11.9 Å². The van der Waals surface area contributed by atoms with Crippen molar-refractivity contribution in [1.29, 1.82) is 0 Å². The van der Waals surface area contributed by atoms with E-state index >= 15 is 0 Å². The Hall–Kier alpha value is -1.06. The quantitative estimate of drug-likeness (QED) is 0.574.